The minimum Gasteiger partial charge on any atom is -0.465 e. The lowest BCUT2D eigenvalue weighted by molar-refractivity contribution is 0.0600. The lowest BCUT2D eigenvalue weighted by atomic mass is 10.1. The summed E-state index contributed by atoms with van der Waals surface area (Å²) >= 11 is 0. The highest BCUT2D eigenvalue weighted by molar-refractivity contribution is 5.89. The molecule has 7 nitrogen and oxygen atoms in total. The van der Waals surface area contributed by atoms with Crippen LogP contribution in [0.3, 0.4) is 0 Å². The number of amides is 2. The number of nitrogens with two attached hydrogens (primary N) is 1. The third kappa shape index (κ3) is 4.67. The Labute approximate surface area is 184 Å². The van der Waals surface area contributed by atoms with E-state index in [-0.39, 0.29) is 0 Å². The molecule has 0 unspecified atom stereocenters. The van der Waals surface area contributed by atoms with Gasteiger partial charge in [-0.1, -0.05) is 48.5 Å². The van der Waals surface area contributed by atoms with Crippen LogP contribution in [-0.2, 0) is 11.3 Å². The van der Waals surface area contributed by atoms with E-state index in [1.807, 2.05) is 66.7 Å². The Bertz CT molecular complexity index is 1310. The van der Waals surface area contributed by atoms with Gasteiger partial charge in [0.15, 0.2) is 0 Å². The summed E-state index contributed by atoms with van der Waals surface area (Å²) < 4.78 is 4.81. The van der Waals surface area contributed by atoms with Gasteiger partial charge in [0, 0.05) is 23.0 Å². The Kier molecular flexibility index (Phi) is 5.98. The lowest BCUT2D eigenvalue weighted by Crippen LogP contribution is -2.28. The van der Waals surface area contributed by atoms with Crippen molar-refractivity contribution in [2.75, 3.05) is 12.4 Å². The van der Waals surface area contributed by atoms with E-state index < -0.39 is 12.0 Å². The third-order valence-corrected chi connectivity index (χ3v) is 4.99. The average Bonchev–Trinajstić information content (AvgIpc) is 3.25. The highest BCUT2D eigenvalue weighted by atomic mass is 16.5. The number of urea groups is 1. The van der Waals surface area contributed by atoms with E-state index in [0.717, 1.165) is 33.4 Å². The first kappa shape index (κ1) is 20.9. The molecule has 0 fully saturated rings. The second kappa shape index (κ2) is 9.18. The zero-order valence-electron chi connectivity index (χ0n) is 17.5. The van der Waals surface area contributed by atoms with Crippen LogP contribution in [0, 0.1) is 0 Å². The van der Waals surface area contributed by atoms with Crippen molar-refractivity contribution in [2.45, 2.75) is 6.54 Å². The molecule has 0 atom stereocenters. The number of fused-ring (bicyclic) bond motifs is 1. The van der Waals surface area contributed by atoms with Gasteiger partial charge in [-0.25, -0.2) is 14.6 Å². The van der Waals surface area contributed by atoms with Crippen molar-refractivity contribution in [3.8, 4) is 0 Å². The fourth-order valence-corrected chi connectivity index (χ4v) is 3.37. The molecule has 0 bridgehead atoms. The van der Waals surface area contributed by atoms with Gasteiger partial charge in [-0.3, -0.25) is 0 Å². The van der Waals surface area contributed by atoms with Crippen molar-refractivity contribution in [2.24, 2.45) is 10.7 Å². The molecule has 0 aliphatic carbocycles. The Hall–Kier alpha value is -4.39. The monoisotopic (exact) mass is 426 g/mol. The number of ether oxygens (including phenoxy) is 1. The van der Waals surface area contributed by atoms with E-state index >= 15 is 0 Å². The van der Waals surface area contributed by atoms with Gasteiger partial charge in [0.2, 0.25) is 0 Å². The number of nitrogens with one attached hydrogen (secondary N) is 2. The Morgan fingerprint density at radius 1 is 0.969 bits per heavy atom. The van der Waals surface area contributed by atoms with Gasteiger partial charge in [-0.05, 0) is 35.9 Å². The fourth-order valence-electron chi connectivity index (χ4n) is 3.37. The summed E-state index contributed by atoms with van der Waals surface area (Å²) in [4.78, 5) is 27.5. The molecule has 0 spiro atoms. The molecule has 0 radical (unpaired) electrons. The summed E-state index contributed by atoms with van der Waals surface area (Å²) in [6.45, 7) is 0.364. The quantitative estimate of drug-likeness (QED) is 0.527. The molecule has 7 heteroatoms. The van der Waals surface area contributed by atoms with Crippen molar-refractivity contribution in [1.29, 1.82) is 0 Å². The summed E-state index contributed by atoms with van der Waals surface area (Å²) in [5.74, 6) is -0.396. The minimum atomic E-state index is -0.559. The van der Waals surface area contributed by atoms with Crippen molar-refractivity contribution >= 4 is 29.5 Å². The number of methoxy groups -OCH3 is 1. The van der Waals surface area contributed by atoms with E-state index in [1.54, 1.807) is 12.1 Å². The van der Waals surface area contributed by atoms with Crippen molar-refractivity contribution < 1.29 is 14.3 Å². The average molecular weight is 426 g/mol. The van der Waals surface area contributed by atoms with Gasteiger partial charge >= 0.3 is 12.0 Å². The number of esters is 1. The predicted octanol–water partition coefficient (Wildman–Crippen LogP) is 2.54. The number of allylic oxidation sites excluding steroid dienone is 1. The normalized spacial score (nSPS) is 13.3. The van der Waals surface area contributed by atoms with Crippen LogP contribution in [0.2, 0.25) is 0 Å². The van der Waals surface area contributed by atoms with E-state index in [2.05, 4.69) is 10.6 Å². The predicted molar refractivity (Wildman–Crippen MR) is 123 cm³/mol. The number of carbonyl (C=O) groups excluding carboxylic acids is 2. The molecule has 1 aliphatic rings. The second-order valence-electron chi connectivity index (χ2n) is 7.19. The van der Waals surface area contributed by atoms with Crippen LogP contribution in [0.25, 0.3) is 11.8 Å². The van der Waals surface area contributed by atoms with E-state index in [9.17, 15) is 9.59 Å². The van der Waals surface area contributed by atoms with Gasteiger partial charge < -0.3 is 21.1 Å². The zero-order chi connectivity index (χ0) is 22.5. The van der Waals surface area contributed by atoms with Crippen LogP contribution in [0.4, 0.5) is 10.5 Å². The molecular formula is C25H22N4O3. The van der Waals surface area contributed by atoms with Gasteiger partial charge in [-0.15, -0.1) is 0 Å². The minimum absolute atomic E-state index is 0.364. The first-order valence-electron chi connectivity index (χ1n) is 10.0. The number of anilines is 1. The standard InChI is InChI=1S/C25H22N4O3/c1-32-24(30)19-10-9-18-13-22(29-21(18)14-19)23(17-5-3-2-4-6-17)28-20-11-7-16(8-12-20)15-27-25(26)31/h2-14,28H,15H2,1H3,(H3,26,27,31). The van der Waals surface area contributed by atoms with Crippen molar-refractivity contribution in [3.63, 3.8) is 0 Å². The van der Waals surface area contributed by atoms with E-state index in [4.69, 9.17) is 15.5 Å². The maximum absolute atomic E-state index is 11.9. The number of hydrogen-bond donors (Lipinski definition) is 3. The van der Waals surface area contributed by atoms with Crippen LogP contribution >= 0.6 is 0 Å². The molecule has 4 rings (SSSR count). The van der Waals surface area contributed by atoms with Crippen molar-refractivity contribution in [1.82, 2.24) is 5.32 Å². The first-order valence-corrected chi connectivity index (χ1v) is 10.0. The van der Waals surface area contributed by atoms with Crippen LogP contribution in [0.1, 0.15) is 21.5 Å². The second-order valence-corrected chi connectivity index (χ2v) is 7.19. The number of carbonyl (C=O) groups is 2. The summed E-state index contributed by atoms with van der Waals surface area (Å²) in [5, 5.41) is 7.68. The Morgan fingerprint density at radius 2 is 1.72 bits per heavy atom. The van der Waals surface area contributed by atoms with Crippen LogP contribution in [0.5, 0.6) is 0 Å². The van der Waals surface area contributed by atoms with Crippen LogP contribution in [0.15, 0.2) is 83.5 Å². The van der Waals surface area contributed by atoms with Gasteiger partial charge in [0.05, 0.1) is 29.4 Å². The number of rotatable bonds is 6. The van der Waals surface area contributed by atoms with E-state index in [0.29, 0.717) is 17.5 Å². The molecule has 0 saturated heterocycles. The zero-order valence-corrected chi connectivity index (χ0v) is 17.5. The Balaban J connectivity index is 1.70. The molecule has 32 heavy (non-hydrogen) atoms. The molecule has 3 aromatic rings. The highest BCUT2D eigenvalue weighted by Crippen LogP contribution is 2.24. The molecular weight excluding hydrogens is 404 g/mol. The van der Waals surface area contributed by atoms with Gasteiger partial charge in [-0.2, -0.15) is 0 Å². The van der Waals surface area contributed by atoms with Crippen molar-refractivity contribution in [3.05, 3.63) is 106 Å². The molecule has 0 saturated carbocycles. The molecule has 4 N–H and O–H groups in total. The van der Waals surface area contributed by atoms with Crippen LogP contribution in [-0.4, -0.2) is 19.1 Å². The van der Waals surface area contributed by atoms with Crippen LogP contribution < -0.4 is 26.9 Å². The summed E-state index contributed by atoms with van der Waals surface area (Å²) in [6, 6.07) is 22.4. The number of primary amides is 1. The molecule has 3 aromatic carbocycles. The topological polar surface area (TPSA) is 106 Å². The fraction of sp³-hybridized carbons (Fsp3) is 0.0800. The first-order chi connectivity index (χ1) is 15.5. The lowest BCUT2D eigenvalue weighted by Gasteiger charge is -2.13. The number of benzene rings is 3. The Morgan fingerprint density at radius 3 is 2.41 bits per heavy atom. The SMILES string of the molecule is COC(=O)c1ccc2c(c1)=NC(=C(Nc1ccc(CNC(N)=O)cc1)c1ccccc1)C=2. The summed E-state index contributed by atoms with van der Waals surface area (Å²) in [6.07, 6.45) is 1.98. The molecule has 1 heterocycles. The number of nitrogens with zero attached hydrogens (tertiary/aromatic N) is 1. The largest absolute Gasteiger partial charge is 0.465 e. The van der Waals surface area contributed by atoms with Gasteiger partial charge in [0.25, 0.3) is 0 Å². The third-order valence-electron chi connectivity index (χ3n) is 4.99. The number of hydrogen-bond acceptors (Lipinski definition) is 5. The molecule has 2 amide bonds. The van der Waals surface area contributed by atoms with E-state index in [1.165, 1.54) is 7.11 Å². The molecule has 1 aliphatic heterocycles. The maximum atomic E-state index is 11.9. The molecule has 0 aromatic heterocycles. The highest BCUT2D eigenvalue weighted by Gasteiger charge is 2.13. The summed E-state index contributed by atoms with van der Waals surface area (Å²) in [5.41, 5.74) is 9.96. The smallest absolute Gasteiger partial charge is 0.337 e. The summed E-state index contributed by atoms with van der Waals surface area (Å²) in [7, 11) is 1.36. The maximum Gasteiger partial charge on any atom is 0.337 e. The molecule has 160 valence electrons. The van der Waals surface area contributed by atoms with Gasteiger partial charge in [0.1, 0.15) is 0 Å².